The molecule has 6 atom stereocenters. The van der Waals surface area contributed by atoms with Gasteiger partial charge in [-0.2, -0.15) is 13.6 Å². The number of rotatable bonds is 12. The van der Waals surface area contributed by atoms with Crippen LogP contribution in [0.1, 0.15) is 41.7 Å². The van der Waals surface area contributed by atoms with E-state index in [1.807, 2.05) is 0 Å². The first-order valence-electron chi connectivity index (χ1n) is 11.0. The van der Waals surface area contributed by atoms with Crippen molar-refractivity contribution < 1.29 is 60.7 Å². The van der Waals surface area contributed by atoms with Crippen molar-refractivity contribution in [2.24, 2.45) is 5.11 Å². The molecule has 0 spiro atoms. The quantitative estimate of drug-likeness (QED) is 0.0719. The highest BCUT2D eigenvalue weighted by Gasteiger charge is 2.44. The van der Waals surface area contributed by atoms with Gasteiger partial charge in [-0.3, -0.25) is 14.1 Å². The number of azide groups is 1. The van der Waals surface area contributed by atoms with Gasteiger partial charge in [0.05, 0.1) is 23.9 Å². The number of nitrogens with two attached hydrogens (primary N) is 1. The molecule has 21 nitrogen and oxygen atoms in total. The maximum Gasteiger partial charge on any atom is 0.490 e. The van der Waals surface area contributed by atoms with Crippen molar-refractivity contribution in [1.82, 2.24) is 14.5 Å². The summed E-state index contributed by atoms with van der Waals surface area (Å²) >= 11 is 0. The van der Waals surface area contributed by atoms with Gasteiger partial charge in [-0.1, -0.05) is 12.0 Å². The molecule has 1 aliphatic heterocycles. The van der Waals surface area contributed by atoms with Crippen molar-refractivity contribution in [3.05, 3.63) is 62.8 Å². The second-order valence-corrected chi connectivity index (χ2v) is 12.5. The van der Waals surface area contributed by atoms with E-state index >= 15 is 0 Å². The molecule has 1 aliphatic rings. The fraction of sp³-hybridized carbons (Fsp3) is 0.412. The van der Waals surface area contributed by atoms with Gasteiger partial charge < -0.3 is 34.8 Å². The third-order valence-corrected chi connectivity index (χ3v) is 8.90. The van der Waals surface area contributed by atoms with E-state index in [-0.39, 0.29) is 23.5 Å². The van der Waals surface area contributed by atoms with Crippen LogP contribution in [-0.2, 0) is 36.3 Å². The first kappa shape index (κ1) is 32.5. The van der Waals surface area contributed by atoms with Crippen LogP contribution in [0.15, 0.2) is 40.5 Å². The van der Waals surface area contributed by atoms with Crippen molar-refractivity contribution in [2.75, 3.05) is 12.3 Å². The van der Waals surface area contributed by atoms with Gasteiger partial charge in [-0.25, -0.2) is 23.3 Å². The second-order valence-electron chi connectivity index (χ2n) is 8.05. The zero-order valence-corrected chi connectivity index (χ0v) is 23.3. The van der Waals surface area contributed by atoms with E-state index in [9.17, 15) is 33.1 Å². The average molecular weight is 641 g/mol. The van der Waals surface area contributed by atoms with Crippen molar-refractivity contribution >= 4 is 35.3 Å². The molecule has 1 saturated heterocycles. The first-order chi connectivity index (χ1) is 19.0. The number of phosphoric acid groups is 3. The van der Waals surface area contributed by atoms with Crippen LogP contribution in [0.25, 0.3) is 10.4 Å². The zero-order chi connectivity index (χ0) is 30.6. The molecule has 3 unspecified atom stereocenters. The van der Waals surface area contributed by atoms with E-state index in [0.29, 0.717) is 0 Å². The number of ether oxygens (including phenoxy) is 2. The molecule has 0 bridgehead atoms. The Morgan fingerprint density at radius 3 is 2.61 bits per heavy atom. The highest BCUT2D eigenvalue weighted by molar-refractivity contribution is 7.66. The van der Waals surface area contributed by atoms with Gasteiger partial charge in [0.15, 0.2) is 0 Å². The summed E-state index contributed by atoms with van der Waals surface area (Å²) in [5.74, 6) is -1.09. The molecule has 0 aromatic carbocycles. The molecule has 0 amide bonds. The van der Waals surface area contributed by atoms with Crippen LogP contribution in [-0.4, -0.2) is 58.9 Å². The van der Waals surface area contributed by atoms with E-state index in [1.165, 1.54) is 37.5 Å². The van der Waals surface area contributed by atoms with E-state index in [4.69, 9.17) is 30.5 Å². The lowest BCUT2D eigenvalue weighted by Gasteiger charge is -2.21. The van der Waals surface area contributed by atoms with Crippen LogP contribution >= 0.6 is 23.5 Å². The van der Waals surface area contributed by atoms with Crippen molar-refractivity contribution in [3.63, 3.8) is 0 Å². The Morgan fingerprint density at radius 2 is 1.98 bits per heavy atom. The Hall–Kier alpha value is -3.02. The minimum absolute atomic E-state index is 0.0644. The van der Waals surface area contributed by atoms with Crippen LogP contribution in [0.4, 0.5) is 5.82 Å². The number of aromatic nitrogens is 3. The van der Waals surface area contributed by atoms with Crippen LogP contribution in [0, 0.1) is 0 Å². The summed E-state index contributed by atoms with van der Waals surface area (Å²) < 4.78 is 58.7. The van der Waals surface area contributed by atoms with E-state index < -0.39 is 66.2 Å². The SMILES string of the molecule is CC(N=[N+]=[N-])c1ncccc1C(=O)O[C@@H]1C[C@H](n2ccc(N)nc2=O)O[C@@H]1COP(=O)(O)OP(=O)(O)OP(=O)(O)O. The topological polar surface area (TPSA) is 318 Å². The predicted molar refractivity (Wildman–Crippen MR) is 132 cm³/mol. The summed E-state index contributed by atoms with van der Waals surface area (Å²) in [6.07, 6.45) is -1.61. The van der Waals surface area contributed by atoms with E-state index in [2.05, 4.69) is 33.1 Å². The molecule has 3 heterocycles. The van der Waals surface area contributed by atoms with E-state index in [0.717, 1.165) is 4.57 Å². The maximum atomic E-state index is 13.1. The summed E-state index contributed by atoms with van der Waals surface area (Å²) in [5, 5.41) is 3.50. The lowest BCUT2D eigenvalue weighted by atomic mass is 10.1. The van der Waals surface area contributed by atoms with Crippen molar-refractivity contribution in [1.29, 1.82) is 0 Å². The lowest BCUT2D eigenvalue weighted by molar-refractivity contribution is -0.0511. The summed E-state index contributed by atoms with van der Waals surface area (Å²) in [7, 11) is -17.0. The molecule has 224 valence electrons. The molecule has 2 aromatic heterocycles. The molecule has 2 aromatic rings. The number of carbonyl (C=O) groups is 1. The largest absolute Gasteiger partial charge is 0.490 e. The molecular formula is C17H22N7O14P3. The van der Waals surface area contributed by atoms with Crippen molar-refractivity contribution in [3.8, 4) is 0 Å². The summed E-state index contributed by atoms with van der Waals surface area (Å²) in [6, 6.07) is 3.13. The van der Waals surface area contributed by atoms with Gasteiger partial charge in [-0.15, -0.1) is 0 Å². The minimum Gasteiger partial charge on any atom is -0.456 e. The lowest BCUT2D eigenvalue weighted by Crippen LogP contribution is -2.31. The first-order valence-corrected chi connectivity index (χ1v) is 15.5. The molecule has 0 radical (unpaired) electrons. The number of hydrogen-bond acceptors (Lipinski definition) is 14. The second kappa shape index (κ2) is 12.9. The third-order valence-electron chi connectivity index (χ3n) is 5.10. The monoisotopic (exact) mass is 641 g/mol. The molecular weight excluding hydrogens is 619 g/mol. The van der Waals surface area contributed by atoms with Gasteiger partial charge in [0, 0.05) is 23.7 Å². The smallest absolute Gasteiger partial charge is 0.456 e. The fourth-order valence-corrected chi connectivity index (χ4v) is 6.55. The molecule has 0 saturated carbocycles. The number of pyridine rings is 1. The number of anilines is 1. The van der Waals surface area contributed by atoms with Crippen LogP contribution in [0.5, 0.6) is 0 Å². The van der Waals surface area contributed by atoms with Gasteiger partial charge >= 0.3 is 35.1 Å². The number of nitrogens with zero attached hydrogens (tertiary/aromatic N) is 6. The number of hydrogen-bond donors (Lipinski definition) is 5. The van der Waals surface area contributed by atoms with Crippen LogP contribution in [0.2, 0.25) is 0 Å². The number of esters is 1. The normalized spacial score (nSPS) is 22.6. The number of phosphoric ester groups is 1. The molecule has 24 heteroatoms. The van der Waals surface area contributed by atoms with Gasteiger partial charge in [-0.05, 0) is 23.7 Å². The Labute approximate surface area is 228 Å². The zero-order valence-electron chi connectivity index (χ0n) is 20.6. The third kappa shape index (κ3) is 9.24. The van der Waals surface area contributed by atoms with Gasteiger partial charge in [0.25, 0.3) is 0 Å². The average Bonchev–Trinajstić information content (AvgIpc) is 3.22. The summed E-state index contributed by atoms with van der Waals surface area (Å²) in [6.45, 7) is 0.490. The van der Waals surface area contributed by atoms with Gasteiger partial charge in [0.1, 0.15) is 24.3 Å². The fourth-order valence-electron chi connectivity index (χ4n) is 3.52. The Balaban J connectivity index is 1.84. The number of nitrogen functional groups attached to an aromatic ring is 1. The summed E-state index contributed by atoms with van der Waals surface area (Å²) in [5.41, 5.74) is 13.3. The molecule has 0 aliphatic carbocycles. The Kier molecular flexibility index (Phi) is 10.2. The van der Waals surface area contributed by atoms with Crippen molar-refractivity contribution in [2.45, 2.75) is 37.8 Å². The molecule has 1 fully saturated rings. The Bertz CT molecular complexity index is 1540. The number of carbonyl (C=O) groups excluding carboxylic acids is 1. The van der Waals surface area contributed by atoms with Crippen LogP contribution in [0.3, 0.4) is 0 Å². The predicted octanol–water partition coefficient (Wildman–Crippen LogP) is 1.45. The Morgan fingerprint density at radius 1 is 1.27 bits per heavy atom. The molecule has 41 heavy (non-hydrogen) atoms. The highest BCUT2D eigenvalue weighted by atomic mass is 31.3. The van der Waals surface area contributed by atoms with E-state index in [1.54, 1.807) is 0 Å². The summed E-state index contributed by atoms with van der Waals surface area (Å²) in [4.78, 5) is 72.1. The molecule has 3 rings (SSSR count). The maximum absolute atomic E-state index is 13.1. The minimum atomic E-state index is -5.80. The molecule has 6 N–H and O–H groups in total. The van der Waals surface area contributed by atoms with Crippen LogP contribution < -0.4 is 11.4 Å². The standard InChI is InChI=1S/C17H22N7O14P3/c1-9(22-23-19)15-10(3-2-5-20-15)16(25)36-11-7-14(24-6-4-13(18)21-17(24)26)35-12(11)8-34-40(30,31)38-41(32,33)37-39(27,28)29/h2-6,9,11-12,14H,7-8H2,1H3,(H,30,31)(H,32,33)(H2,18,21,26)(H2,27,28,29)/t9?,11-,12-,14-/m1/s1. The highest BCUT2D eigenvalue weighted by Crippen LogP contribution is 2.66. The van der Waals surface area contributed by atoms with Gasteiger partial charge in [0.2, 0.25) is 0 Å².